The van der Waals surface area contributed by atoms with Crippen molar-refractivity contribution in [3.05, 3.63) is 95.5 Å². The van der Waals surface area contributed by atoms with Crippen LogP contribution < -0.4 is 9.64 Å². The average molecular weight is 772 g/mol. The van der Waals surface area contributed by atoms with Gasteiger partial charge in [-0.3, -0.25) is 24.0 Å². The highest BCUT2D eigenvalue weighted by atomic mass is 19.1. The molecule has 5 rings (SSSR count). The van der Waals surface area contributed by atoms with Crippen LogP contribution in [0.2, 0.25) is 0 Å². The zero-order valence-electron chi connectivity index (χ0n) is 34.2. The van der Waals surface area contributed by atoms with Crippen molar-refractivity contribution in [2.45, 2.75) is 83.4 Å². The molecule has 14 nitrogen and oxygen atoms in total. The van der Waals surface area contributed by atoms with E-state index in [1.807, 2.05) is 0 Å². The van der Waals surface area contributed by atoms with Crippen LogP contribution in [0.1, 0.15) is 69.3 Å². The van der Waals surface area contributed by atoms with Gasteiger partial charge in [-0.1, -0.05) is 24.3 Å². The molecule has 0 unspecified atom stereocenters. The van der Waals surface area contributed by atoms with Crippen LogP contribution in [-0.4, -0.2) is 73.6 Å². The van der Waals surface area contributed by atoms with Crippen molar-refractivity contribution in [1.29, 1.82) is 0 Å². The molecule has 0 saturated carbocycles. The Bertz CT molecular complexity index is 2100. The predicted molar refractivity (Wildman–Crippen MR) is 185 cm³/mol. The number of methoxy groups -OCH3 is 1. The normalized spacial score (nSPS) is 24.7. The van der Waals surface area contributed by atoms with Gasteiger partial charge in [-0.25, -0.2) is 13.6 Å². The molecular formula is C39H39F2NO13. The van der Waals surface area contributed by atoms with Crippen molar-refractivity contribution >= 4 is 41.4 Å². The van der Waals surface area contributed by atoms with Gasteiger partial charge in [-0.05, 0) is 72.4 Å². The summed E-state index contributed by atoms with van der Waals surface area (Å²) < 4.78 is 99.5. The number of amides is 1. The van der Waals surface area contributed by atoms with Crippen molar-refractivity contribution in [2.24, 2.45) is 5.92 Å². The number of ether oxygens (including phenoxy) is 7. The first-order valence-corrected chi connectivity index (χ1v) is 16.9. The molecule has 55 heavy (non-hydrogen) atoms. The second kappa shape index (κ2) is 17.5. The van der Waals surface area contributed by atoms with E-state index in [4.69, 9.17) is 38.6 Å². The number of carbonyl (C=O) groups excluding carboxylic acids is 6. The Morgan fingerprint density at radius 3 is 1.93 bits per heavy atom. The lowest BCUT2D eigenvalue weighted by Gasteiger charge is -2.48. The Hall–Kier alpha value is -5.90. The average Bonchev–Trinajstić information content (AvgIpc) is 3.18. The molecule has 2 aliphatic heterocycles. The minimum Gasteiger partial charge on any atom is -0.467 e. The van der Waals surface area contributed by atoms with Crippen molar-refractivity contribution < 1.29 is 76.2 Å². The summed E-state index contributed by atoms with van der Waals surface area (Å²) in [7, 11) is 1.03. The van der Waals surface area contributed by atoms with Gasteiger partial charge in [0.1, 0.15) is 23.5 Å². The quantitative estimate of drug-likeness (QED) is 0.132. The van der Waals surface area contributed by atoms with Crippen LogP contribution in [0.25, 0.3) is 0 Å². The van der Waals surface area contributed by atoms with Gasteiger partial charge in [0, 0.05) is 33.4 Å². The maximum atomic E-state index is 14.6. The fraction of sp³-hybridized carbons (Fsp3) is 0.385. The molecule has 8 atom stereocenters. The fourth-order valence-corrected chi connectivity index (χ4v) is 6.43. The highest BCUT2D eigenvalue weighted by Crippen LogP contribution is 2.47. The molecular weight excluding hydrogens is 728 g/mol. The van der Waals surface area contributed by atoms with E-state index in [-0.39, 0.29) is 18.6 Å². The van der Waals surface area contributed by atoms with E-state index in [1.54, 1.807) is 0 Å². The Balaban J connectivity index is 1.51. The molecule has 0 bridgehead atoms. The molecule has 3 aromatic carbocycles. The fourth-order valence-electron chi connectivity index (χ4n) is 6.43. The summed E-state index contributed by atoms with van der Waals surface area (Å²) in [5.74, 6) is -7.87. The van der Waals surface area contributed by atoms with Gasteiger partial charge < -0.3 is 38.1 Å². The van der Waals surface area contributed by atoms with E-state index in [0.717, 1.165) is 32.8 Å². The second-order valence-electron chi connectivity index (χ2n) is 12.5. The highest BCUT2D eigenvalue weighted by Gasteiger charge is 2.56. The summed E-state index contributed by atoms with van der Waals surface area (Å²) in [5.41, 5.74) is 0.328. The van der Waals surface area contributed by atoms with E-state index in [0.29, 0.717) is 11.1 Å². The first-order chi connectivity index (χ1) is 27.8. The predicted octanol–water partition coefficient (Wildman–Crippen LogP) is 4.83. The lowest BCUT2D eigenvalue weighted by molar-refractivity contribution is -0.282. The van der Waals surface area contributed by atoms with Gasteiger partial charge in [0.05, 0.1) is 24.6 Å². The van der Waals surface area contributed by atoms with Crippen LogP contribution in [0.5, 0.6) is 5.75 Å². The minimum atomic E-state index is -1.73. The van der Waals surface area contributed by atoms with E-state index >= 15 is 0 Å². The van der Waals surface area contributed by atoms with Gasteiger partial charge in [0.2, 0.25) is 18.3 Å². The number of esters is 5. The third-order valence-electron chi connectivity index (χ3n) is 8.63. The standard InChI is InChI=1S/C39H39F2NO13/c1-20(43)50-31(24-6-10-26(40)11-7-24)19-18-30-32(42(37(30)47)28-14-12-27(41)13-15-28)25-8-16-29(17-9-25)54-39-36(53-23(4)46)34(52-22(3)45)33(51-21(2)44)35(55-39)38(48)49-5/h6-17,30-36,39H,18-19H2,1-5H3/t30-,31-,32-,33+,34+,35+,36-,39-/m1/s1/i12D,13D,14D,15D. The Morgan fingerprint density at radius 2 is 1.36 bits per heavy atom. The number of benzene rings is 3. The molecule has 16 heteroatoms. The molecule has 0 radical (unpaired) electrons. The maximum Gasteiger partial charge on any atom is 0.339 e. The van der Waals surface area contributed by atoms with Crippen molar-refractivity contribution in [2.75, 3.05) is 12.0 Å². The Labute approximate surface area is 320 Å². The van der Waals surface area contributed by atoms with Gasteiger partial charge in [-0.15, -0.1) is 0 Å². The molecule has 0 spiro atoms. The number of carbonyl (C=O) groups is 6. The largest absolute Gasteiger partial charge is 0.467 e. The summed E-state index contributed by atoms with van der Waals surface area (Å²) in [4.78, 5) is 76.3. The molecule has 292 valence electrons. The van der Waals surface area contributed by atoms with Crippen LogP contribution in [0, 0.1) is 17.6 Å². The van der Waals surface area contributed by atoms with E-state index < -0.39 is 126 Å². The lowest BCUT2D eigenvalue weighted by Crippen LogP contribution is -2.64. The maximum absolute atomic E-state index is 14.6. The smallest absolute Gasteiger partial charge is 0.339 e. The number of hydrogen-bond acceptors (Lipinski definition) is 13. The zero-order valence-corrected chi connectivity index (χ0v) is 30.2. The summed E-state index contributed by atoms with van der Waals surface area (Å²) in [6, 6.07) is 6.35. The molecule has 2 heterocycles. The van der Waals surface area contributed by atoms with Crippen molar-refractivity contribution in [3.63, 3.8) is 0 Å². The Morgan fingerprint density at radius 1 is 0.782 bits per heavy atom. The topological polar surface area (TPSA) is 170 Å². The Kier molecular flexibility index (Phi) is 11.1. The number of anilines is 1. The number of halogens is 2. The third kappa shape index (κ3) is 9.62. The molecule has 0 aliphatic carbocycles. The monoisotopic (exact) mass is 771 g/mol. The number of β-lactam (4-membered cyclic amide) rings is 1. The molecule has 1 amide bonds. The second-order valence-corrected chi connectivity index (χ2v) is 12.5. The van der Waals surface area contributed by atoms with E-state index in [1.165, 1.54) is 55.5 Å². The summed E-state index contributed by atoms with van der Waals surface area (Å²) in [6.07, 6.45) is -9.11. The number of nitrogens with zero attached hydrogens (tertiary/aromatic N) is 1. The van der Waals surface area contributed by atoms with Crippen molar-refractivity contribution in [3.8, 4) is 5.75 Å². The van der Waals surface area contributed by atoms with E-state index in [9.17, 15) is 37.5 Å². The van der Waals surface area contributed by atoms with Gasteiger partial charge in [0.15, 0.2) is 18.3 Å². The number of hydrogen-bond donors (Lipinski definition) is 0. The first-order valence-electron chi connectivity index (χ1n) is 18.9. The molecule has 2 aliphatic rings. The molecule has 0 aromatic heterocycles. The molecule has 2 saturated heterocycles. The first kappa shape index (κ1) is 34.8. The van der Waals surface area contributed by atoms with Crippen molar-refractivity contribution in [1.82, 2.24) is 0 Å². The highest BCUT2D eigenvalue weighted by molar-refractivity contribution is 6.03. The third-order valence-corrected chi connectivity index (χ3v) is 8.63. The van der Waals surface area contributed by atoms with Gasteiger partial charge in [0.25, 0.3) is 0 Å². The zero-order chi connectivity index (χ0) is 43.5. The molecule has 0 N–H and O–H groups in total. The minimum absolute atomic E-state index is 0.00181. The van der Waals surface area contributed by atoms with Crippen LogP contribution >= 0.6 is 0 Å². The SMILES string of the molecule is [2H]c1c([2H])c(N2C(=O)[C@H](CC[C@@H](OC(C)=O)c3ccc(F)cc3)[C@H]2c2ccc(O[C@@H]3O[C@H](C(=O)OC)[C@@H](OC(C)=O)[C@H](OC(C)=O)[C@H]3OC(C)=O)cc2)c([2H])c([2H])c1F. The summed E-state index contributed by atoms with van der Waals surface area (Å²) in [5, 5.41) is 0. The van der Waals surface area contributed by atoms with Gasteiger partial charge in [-0.2, -0.15) is 0 Å². The lowest BCUT2D eigenvalue weighted by atomic mass is 9.78. The van der Waals surface area contributed by atoms with Gasteiger partial charge >= 0.3 is 29.8 Å². The van der Waals surface area contributed by atoms with Crippen LogP contribution in [0.15, 0.2) is 72.7 Å². The molecule has 2 fully saturated rings. The number of rotatable bonds is 13. The summed E-state index contributed by atoms with van der Waals surface area (Å²) >= 11 is 0. The van der Waals surface area contributed by atoms with Crippen LogP contribution in [0.3, 0.4) is 0 Å². The molecule has 3 aromatic rings. The van der Waals surface area contributed by atoms with E-state index in [2.05, 4.69) is 0 Å². The van der Waals surface area contributed by atoms with Crippen LogP contribution in [-0.2, 0) is 57.2 Å². The van der Waals surface area contributed by atoms with Crippen LogP contribution in [0.4, 0.5) is 14.5 Å². The summed E-state index contributed by atoms with van der Waals surface area (Å²) in [6.45, 7) is 4.29.